The van der Waals surface area contributed by atoms with Crippen LogP contribution in [0.3, 0.4) is 0 Å². The number of amides is 1. The SMILES string of the molecule is COc1ccc(NC(=O)C(C)OC(=O)/C=C/c2ccc(Oc3cccnc3)c(F)c2)cc1. The number of benzene rings is 2. The number of hydrogen-bond acceptors (Lipinski definition) is 6. The van der Waals surface area contributed by atoms with Crippen molar-refractivity contribution in [2.45, 2.75) is 13.0 Å². The highest BCUT2D eigenvalue weighted by Crippen LogP contribution is 2.25. The third-order valence-corrected chi connectivity index (χ3v) is 4.25. The van der Waals surface area contributed by atoms with Gasteiger partial charge in [-0.1, -0.05) is 6.07 Å². The first-order valence-electron chi connectivity index (χ1n) is 9.65. The third-order valence-electron chi connectivity index (χ3n) is 4.25. The van der Waals surface area contributed by atoms with E-state index in [-0.39, 0.29) is 5.75 Å². The van der Waals surface area contributed by atoms with Gasteiger partial charge >= 0.3 is 5.97 Å². The van der Waals surface area contributed by atoms with E-state index < -0.39 is 23.8 Å². The van der Waals surface area contributed by atoms with E-state index in [1.165, 1.54) is 31.3 Å². The number of carbonyl (C=O) groups excluding carboxylic acids is 2. The Morgan fingerprint density at radius 1 is 1.09 bits per heavy atom. The van der Waals surface area contributed by atoms with E-state index in [1.807, 2.05) is 0 Å². The molecule has 0 spiro atoms. The van der Waals surface area contributed by atoms with Gasteiger partial charge < -0.3 is 19.5 Å². The Bertz CT molecular complexity index is 1100. The highest BCUT2D eigenvalue weighted by molar-refractivity contribution is 5.96. The Hall–Kier alpha value is -4.20. The Balaban J connectivity index is 1.53. The maximum atomic E-state index is 14.3. The maximum absolute atomic E-state index is 14.3. The lowest BCUT2D eigenvalue weighted by Gasteiger charge is -2.12. The number of esters is 1. The van der Waals surface area contributed by atoms with Gasteiger partial charge in [0.05, 0.1) is 13.3 Å². The first-order valence-corrected chi connectivity index (χ1v) is 9.65. The minimum Gasteiger partial charge on any atom is -0.497 e. The average Bonchev–Trinajstić information content (AvgIpc) is 2.80. The van der Waals surface area contributed by atoms with Crippen LogP contribution in [0.5, 0.6) is 17.2 Å². The molecule has 32 heavy (non-hydrogen) atoms. The van der Waals surface area contributed by atoms with Crippen molar-refractivity contribution >= 4 is 23.6 Å². The molecule has 1 unspecified atom stereocenters. The van der Waals surface area contributed by atoms with E-state index in [1.54, 1.807) is 55.8 Å². The molecule has 0 radical (unpaired) electrons. The van der Waals surface area contributed by atoms with Crippen LogP contribution >= 0.6 is 0 Å². The largest absolute Gasteiger partial charge is 0.497 e. The number of halogens is 1. The van der Waals surface area contributed by atoms with Crippen molar-refractivity contribution in [3.8, 4) is 17.2 Å². The molecule has 0 bridgehead atoms. The summed E-state index contributed by atoms with van der Waals surface area (Å²) in [6, 6.07) is 14.3. The molecule has 0 aliphatic heterocycles. The van der Waals surface area contributed by atoms with Gasteiger partial charge in [-0.25, -0.2) is 9.18 Å². The molecule has 1 aromatic heterocycles. The lowest BCUT2D eigenvalue weighted by atomic mass is 10.2. The number of methoxy groups -OCH3 is 1. The highest BCUT2D eigenvalue weighted by Gasteiger charge is 2.16. The Morgan fingerprint density at radius 3 is 2.53 bits per heavy atom. The molecule has 0 aliphatic rings. The summed E-state index contributed by atoms with van der Waals surface area (Å²) in [7, 11) is 1.54. The number of anilines is 1. The van der Waals surface area contributed by atoms with Gasteiger partial charge in [0.15, 0.2) is 17.7 Å². The van der Waals surface area contributed by atoms with Crippen LogP contribution in [-0.2, 0) is 14.3 Å². The number of ether oxygens (including phenoxy) is 3. The normalized spacial score (nSPS) is 11.6. The number of nitrogens with zero attached hydrogens (tertiary/aromatic N) is 1. The fraction of sp³-hybridized carbons (Fsp3) is 0.125. The molecule has 3 rings (SSSR count). The number of pyridine rings is 1. The van der Waals surface area contributed by atoms with E-state index >= 15 is 0 Å². The van der Waals surface area contributed by atoms with Gasteiger partial charge in [0.25, 0.3) is 5.91 Å². The highest BCUT2D eigenvalue weighted by atomic mass is 19.1. The molecule has 164 valence electrons. The molecule has 0 aliphatic carbocycles. The topological polar surface area (TPSA) is 86.8 Å². The third kappa shape index (κ3) is 6.40. The summed E-state index contributed by atoms with van der Waals surface area (Å²) >= 11 is 0. The second-order valence-corrected chi connectivity index (χ2v) is 6.61. The molecule has 1 atom stereocenters. The van der Waals surface area contributed by atoms with E-state index in [0.717, 1.165) is 6.08 Å². The van der Waals surface area contributed by atoms with E-state index in [4.69, 9.17) is 14.2 Å². The smallest absolute Gasteiger partial charge is 0.331 e. The lowest BCUT2D eigenvalue weighted by Crippen LogP contribution is -2.29. The van der Waals surface area contributed by atoms with Crippen molar-refractivity contribution in [3.05, 3.63) is 84.4 Å². The summed E-state index contributed by atoms with van der Waals surface area (Å²) < 4.78 is 29.9. The van der Waals surface area contributed by atoms with E-state index in [0.29, 0.717) is 22.7 Å². The summed E-state index contributed by atoms with van der Waals surface area (Å²) in [6.07, 6.45) is 4.52. The van der Waals surface area contributed by atoms with Crippen LogP contribution in [-0.4, -0.2) is 30.1 Å². The predicted molar refractivity (Wildman–Crippen MR) is 117 cm³/mol. The minimum absolute atomic E-state index is 0.0292. The number of aromatic nitrogens is 1. The molecule has 3 aromatic rings. The molecule has 0 fully saturated rings. The molecule has 2 aromatic carbocycles. The second-order valence-electron chi connectivity index (χ2n) is 6.61. The van der Waals surface area contributed by atoms with Crippen molar-refractivity contribution in [2.24, 2.45) is 0 Å². The zero-order valence-corrected chi connectivity index (χ0v) is 17.4. The van der Waals surface area contributed by atoms with Crippen LogP contribution < -0.4 is 14.8 Å². The zero-order chi connectivity index (χ0) is 22.9. The van der Waals surface area contributed by atoms with Crippen molar-refractivity contribution < 1.29 is 28.2 Å². The molecule has 8 heteroatoms. The van der Waals surface area contributed by atoms with Gasteiger partial charge in [-0.05, 0) is 67.1 Å². The quantitative estimate of drug-likeness (QED) is 0.410. The van der Waals surface area contributed by atoms with Crippen LogP contribution in [0.4, 0.5) is 10.1 Å². The van der Waals surface area contributed by atoms with Crippen LogP contribution in [0.15, 0.2) is 73.1 Å². The van der Waals surface area contributed by atoms with Gasteiger partial charge in [-0.2, -0.15) is 0 Å². The number of carbonyl (C=O) groups is 2. The molecule has 1 amide bonds. The van der Waals surface area contributed by atoms with Gasteiger partial charge in [0.1, 0.15) is 11.5 Å². The monoisotopic (exact) mass is 436 g/mol. The average molecular weight is 436 g/mol. The number of nitrogens with one attached hydrogen (secondary N) is 1. The van der Waals surface area contributed by atoms with Crippen LogP contribution in [0.2, 0.25) is 0 Å². The molecule has 1 N–H and O–H groups in total. The predicted octanol–water partition coefficient (Wildman–Crippen LogP) is 4.61. The molecule has 0 saturated heterocycles. The van der Waals surface area contributed by atoms with E-state index in [9.17, 15) is 14.0 Å². The van der Waals surface area contributed by atoms with Crippen molar-refractivity contribution in [3.63, 3.8) is 0 Å². The fourth-order valence-electron chi connectivity index (χ4n) is 2.59. The Kier molecular flexibility index (Phi) is 7.53. The van der Waals surface area contributed by atoms with E-state index in [2.05, 4.69) is 10.3 Å². The molecule has 1 heterocycles. The van der Waals surface area contributed by atoms with Gasteiger partial charge in [0, 0.05) is 18.0 Å². The number of rotatable bonds is 8. The first-order chi connectivity index (χ1) is 15.4. The lowest BCUT2D eigenvalue weighted by molar-refractivity contribution is -0.148. The summed E-state index contributed by atoms with van der Waals surface area (Å²) in [5.41, 5.74) is 0.964. The van der Waals surface area contributed by atoms with Crippen molar-refractivity contribution in [1.29, 1.82) is 0 Å². The zero-order valence-electron chi connectivity index (χ0n) is 17.4. The second kappa shape index (κ2) is 10.7. The molecule has 0 saturated carbocycles. The fourth-order valence-corrected chi connectivity index (χ4v) is 2.59. The molecular weight excluding hydrogens is 415 g/mol. The maximum Gasteiger partial charge on any atom is 0.331 e. The van der Waals surface area contributed by atoms with Crippen LogP contribution in [0.25, 0.3) is 6.08 Å². The Morgan fingerprint density at radius 2 is 1.88 bits per heavy atom. The first kappa shape index (κ1) is 22.5. The standard InChI is InChI=1S/C24H21FN2O5/c1-16(24(29)27-18-7-9-19(30-2)10-8-18)31-23(28)12-6-17-5-11-22(21(25)14-17)32-20-4-3-13-26-15-20/h3-16H,1-2H3,(H,27,29)/b12-6+. The van der Waals surface area contributed by atoms with Gasteiger partial charge in [-0.3, -0.25) is 9.78 Å². The summed E-state index contributed by atoms with van der Waals surface area (Å²) in [6.45, 7) is 1.45. The van der Waals surface area contributed by atoms with Crippen LogP contribution in [0, 0.1) is 5.82 Å². The van der Waals surface area contributed by atoms with Crippen LogP contribution in [0.1, 0.15) is 12.5 Å². The minimum atomic E-state index is -1.03. The summed E-state index contributed by atoms with van der Waals surface area (Å²) in [4.78, 5) is 28.1. The van der Waals surface area contributed by atoms with Crippen molar-refractivity contribution in [2.75, 3.05) is 12.4 Å². The van der Waals surface area contributed by atoms with Crippen molar-refractivity contribution in [1.82, 2.24) is 4.98 Å². The molecule has 7 nitrogen and oxygen atoms in total. The van der Waals surface area contributed by atoms with Gasteiger partial charge in [-0.15, -0.1) is 0 Å². The number of hydrogen-bond donors (Lipinski definition) is 1. The van der Waals surface area contributed by atoms with Gasteiger partial charge in [0.2, 0.25) is 0 Å². The summed E-state index contributed by atoms with van der Waals surface area (Å²) in [5.74, 6) is -0.739. The summed E-state index contributed by atoms with van der Waals surface area (Å²) in [5, 5.41) is 2.64. The Labute approximate surface area is 184 Å². The molecular formula is C24H21FN2O5.